The van der Waals surface area contributed by atoms with Crippen molar-refractivity contribution in [1.82, 2.24) is 14.1 Å². The lowest BCUT2D eigenvalue weighted by atomic mass is 10.2. The Morgan fingerprint density at radius 3 is 2.70 bits per heavy atom. The van der Waals surface area contributed by atoms with E-state index in [4.69, 9.17) is 4.74 Å². The zero-order chi connectivity index (χ0) is 13.9. The van der Waals surface area contributed by atoms with Crippen LogP contribution in [0.5, 0.6) is 5.75 Å². The zero-order valence-corrected chi connectivity index (χ0v) is 11.9. The van der Waals surface area contributed by atoms with Gasteiger partial charge in [0.2, 0.25) is 0 Å². The Hall–Kier alpha value is -1.95. The van der Waals surface area contributed by atoms with Gasteiger partial charge in [-0.2, -0.15) is 8.75 Å². The fourth-order valence-electron chi connectivity index (χ4n) is 1.73. The summed E-state index contributed by atoms with van der Waals surface area (Å²) < 4.78 is 13.9. The quantitative estimate of drug-likeness (QED) is 0.917. The van der Waals surface area contributed by atoms with Crippen LogP contribution in [0.2, 0.25) is 0 Å². The van der Waals surface area contributed by atoms with Gasteiger partial charge in [-0.05, 0) is 44.0 Å². The first-order valence-electron chi connectivity index (χ1n) is 6.54. The van der Waals surface area contributed by atoms with Crippen molar-refractivity contribution in [3.8, 4) is 5.75 Å². The first-order chi connectivity index (χ1) is 9.72. The Morgan fingerprint density at radius 2 is 2.10 bits per heavy atom. The third-order valence-electron chi connectivity index (χ3n) is 3.15. The third-order valence-corrected chi connectivity index (χ3v) is 3.81. The van der Waals surface area contributed by atoms with Gasteiger partial charge in [0.05, 0.1) is 17.4 Å². The van der Waals surface area contributed by atoms with Gasteiger partial charge in [-0.25, -0.2) is 0 Å². The first-order valence-corrected chi connectivity index (χ1v) is 7.27. The van der Waals surface area contributed by atoms with Crippen LogP contribution in [0.25, 0.3) is 0 Å². The molecule has 1 aromatic carbocycles. The number of benzene rings is 1. The molecule has 1 saturated carbocycles. The van der Waals surface area contributed by atoms with Crippen LogP contribution in [0.15, 0.2) is 24.3 Å². The van der Waals surface area contributed by atoms with Crippen molar-refractivity contribution >= 4 is 17.6 Å². The average molecular weight is 289 g/mol. The van der Waals surface area contributed by atoms with Gasteiger partial charge >= 0.3 is 0 Å². The Balaban J connectivity index is 1.58. The average Bonchev–Trinajstić information content (AvgIpc) is 3.18. The number of carbonyl (C=O) groups is 1. The Labute approximate surface area is 121 Å². The normalized spacial score (nSPS) is 14.1. The number of aryl methyl sites for hydroxylation is 1. The minimum atomic E-state index is -0.0152. The van der Waals surface area contributed by atoms with Crippen LogP contribution in [0, 0.1) is 6.92 Å². The summed E-state index contributed by atoms with van der Waals surface area (Å²) in [6.45, 7) is 2.31. The van der Waals surface area contributed by atoms with Crippen LogP contribution in [-0.4, -0.2) is 20.7 Å². The van der Waals surface area contributed by atoms with E-state index in [1.54, 1.807) is 24.3 Å². The lowest BCUT2D eigenvalue weighted by molar-refractivity contribution is 0.0951. The molecule has 0 saturated heterocycles. The van der Waals surface area contributed by atoms with E-state index in [0.29, 0.717) is 18.2 Å². The van der Waals surface area contributed by atoms with E-state index in [2.05, 4.69) is 14.1 Å². The fourth-order valence-corrected chi connectivity index (χ4v) is 2.28. The molecule has 0 atom stereocenters. The maximum absolute atomic E-state index is 11.8. The molecule has 1 N–H and O–H groups in total. The van der Waals surface area contributed by atoms with Crippen molar-refractivity contribution < 1.29 is 9.53 Å². The summed E-state index contributed by atoms with van der Waals surface area (Å²) in [5.41, 5.74) is 2.41. The minimum absolute atomic E-state index is 0.0152. The highest BCUT2D eigenvalue weighted by atomic mass is 32.1. The summed E-state index contributed by atoms with van der Waals surface area (Å²) in [5, 5.41) is 2.95. The molecule has 0 spiro atoms. The Morgan fingerprint density at radius 1 is 1.35 bits per heavy atom. The third kappa shape index (κ3) is 3.14. The predicted octanol–water partition coefficient (Wildman–Crippen LogP) is 2.32. The molecule has 0 bridgehead atoms. The Bertz CT molecular complexity index is 605. The van der Waals surface area contributed by atoms with Gasteiger partial charge in [-0.1, -0.05) is 0 Å². The highest BCUT2D eigenvalue weighted by molar-refractivity contribution is 6.99. The lowest BCUT2D eigenvalue weighted by Crippen LogP contribution is -2.25. The van der Waals surface area contributed by atoms with Gasteiger partial charge in [0, 0.05) is 11.6 Å². The second-order valence-corrected chi connectivity index (χ2v) is 5.39. The van der Waals surface area contributed by atoms with E-state index in [1.165, 1.54) is 11.7 Å². The van der Waals surface area contributed by atoms with Gasteiger partial charge in [-0.15, -0.1) is 0 Å². The molecule has 20 heavy (non-hydrogen) atoms. The maximum atomic E-state index is 11.8. The second kappa shape index (κ2) is 5.58. The number of ether oxygens (including phenoxy) is 1. The van der Waals surface area contributed by atoms with Crippen LogP contribution in [0.3, 0.4) is 0 Å². The lowest BCUT2D eigenvalue weighted by Gasteiger charge is -2.06. The number of nitrogens with one attached hydrogen (secondary N) is 1. The first kappa shape index (κ1) is 13.1. The van der Waals surface area contributed by atoms with Crippen molar-refractivity contribution in [1.29, 1.82) is 0 Å². The molecule has 3 rings (SSSR count). The molecule has 1 fully saturated rings. The molecule has 2 aromatic rings. The molecule has 1 aromatic heterocycles. The van der Waals surface area contributed by atoms with E-state index in [9.17, 15) is 4.79 Å². The summed E-state index contributed by atoms with van der Waals surface area (Å²) >= 11 is 1.19. The van der Waals surface area contributed by atoms with E-state index >= 15 is 0 Å². The van der Waals surface area contributed by atoms with Crippen LogP contribution >= 0.6 is 11.7 Å². The minimum Gasteiger partial charge on any atom is -0.487 e. The summed E-state index contributed by atoms with van der Waals surface area (Å²) in [5.74, 6) is 0.707. The Kier molecular flexibility index (Phi) is 3.64. The number of hydrogen-bond donors (Lipinski definition) is 1. The molecule has 1 aliphatic rings. The molecule has 1 aliphatic carbocycles. The molecule has 104 valence electrons. The monoisotopic (exact) mass is 289 g/mol. The van der Waals surface area contributed by atoms with Gasteiger partial charge in [0.1, 0.15) is 18.1 Å². The topological polar surface area (TPSA) is 64.1 Å². The van der Waals surface area contributed by atoms with Crippen molar-refractivity contribution in [2.24, 2.45) is 0 Å². The summed E-state index contributed by atoms with van der Waals surface area (Å²) in [6.07, 6.45) is 2.18. The fraction of sp³-hybridized carbons (Fsp3) is 0.357. The van der Waals surface area contributed by atoms with Gasteiger partial charge in [-0.3, -0.25) is 4.79 Å². The largest absolute Gasteiger partial charge is 0.487 e. The number of rotatable bonds is 5. The molecule has 1 amide bonds. The van der Waals surface area contributed by atoms with Gasteiger partial charge in [0.15, 0.2) is 0 Å². The summed E-state index contributed by atoms with van der Waals surface area (Å²) in [7, 11) is 0. The highest BCUT2D eigenvalue weighted by Gasteiger charge is 2.23. The van der Waals surface area contributed by atoms with E-state index in [-0.39, 0.29) is 5.91 Å². The smallest absolute Gasteiger partial charge is 0.251 e. The van der Waals surface area contributed by atoms with Crippen LogP contribution in [0.4, 0.5) is 0 Å². The van der Waals surface area contributed by atoms with Crippen LogP contribution in [0.1, 0.15) is 34.6 Å². The summed E-state index contributed by atoms with van der Waals surface area (Å²) in [4.78, 5) is 11.8. The zero-order valence-electron chi connectivity index (χ0n) is 11.1. The number of amides is 1. The van der Waals surface area contributed by atoms with Crippen LogP contribution < -0.4 is 10.1 Å². The van der Waals surface area contributed by atoms with Crippen molar-refractivity contribution in [3.63, 3.8) is 0 Å². The van der Waals surface area contributed by atoms with Gasteiger partial charge < -0.3 is 10.1 Å². The molecule has 0 radical (unpaired) electrons. The molecule has 5 nitrogen and oxygen atoms in total. The van der Waals surface area contributed by atoms with Crippen molar-refractivity contribution in [2.45, 2.75) is 32.4 Å². The van der Waals surface area contributed by atoms with E-state index < -0.39 is 0 Å². The van der Waals surface area contributed by atoms with E-state index in [1.807, 2.05) is 6.92 Å². The highest BCUT2D eigenvalue weighted by Crippen LogP contribution is 2.20. The van der Waals surface area contributed by atoms with Gasteiger partial charge in [0.25, 0.3) is 5.91 Å². The van der Waals surface area contributed by atoms with Crippen molar-refractivity contribution in [2.75, 3.05) is 0 Å². The van der Waals surface area contributed by atoms with E-state index in [0.717, 1.165) is 30.0 Å². The molecule has 1 heterocycles. The summed E-state index contributed by atoms with van der Waals surface area (Å²) in [6, 6.07) is 7.53. The molecule has 0 aliphatic heterocycles. The van der Waals surface area contributed by atoms with Crippen molar-refractivity contribution in [3.05, 3.63) is 41.2 Å². The number of carbonyl (C=O) groups excluding carboxylic acids is 1. The number of aromatic nitrogens is 2. The molecule has 6 heteroatoms. The SMILES string of the molecule is Cc1nsnc1COc1ccc(C(=O)NC2CC2)cc1. The number of hydrogen-bond acceptors (Lipinski definition) is 5. The molecular weight excluding hydrogens is 274 g/mol. The molecular formula is C14H15N3O2S. The maximum Gasteiger partial charge on any atom is 0.251 e. The standard InChI is InChI=1S/C14H15N3O2S/c1-9-13(17-20-16-9)8-19-12-6-2-10(3-7-12)14(18)15-11-4-5-11/h2-3,6-7,11H,4-5,8H2,1H3,(H,15,18). The number of nitrogens with zero attached hydrogens (tertiary/aromatic N) is 2. The molecule has 0 unspecified atom stereocenters. The second-order valence-electron chi connectivity index (χ2n) is 4.86. The van der Waals surface area contributed by atoms with Crippen LogP contribution in [-0.2, 0) is 6.61 Å². The predicted molar refractivity (Wildman–Crippen MR) is 75.9 cm³/mol.